The van der Waals surface area contributed by atoms with Gasteiger partial charge in [-0.1, -0.05) is 67.4 Å². The van der Waals surface area contributed by atoms with E-state index in [1.807, 2.05) is 0 Å². The van der Waals surface area contributed by atoms with E-state index in [0.717, 1.165) is 0 Å². The molecule has 0 unspecified atom stereocenters. The lowest BCUT2D eigenvalue weighted by Crippen LogP contribution is -2.42. The first-order valence-corrected chi connectivity index (χ1v) is 9.48. The Morgan fingerprint density at radius 3 is 2.20 bits per heavy atom. The molecule has 1 heterocycles. The van der Waals surface area contributed by atoms with Crippen LogP contribution in [0.15, 0.2) is 66.7 Å². The van der Waals surface area contributed by atoms with Gasteiger partial charge in [-0.15, -0.1) is 0 Å². The standard InChI is InChI=1S/C22H23BN2/c1-2-7-16(8-3-1)18-11-4-12-19(15-18)23-24-20-13-5-9-17-10-6-14-21(25-23)22(17)20/h1-3,5-10,13-14,18-19,24-25H,4,11-12,15H2/t18-,19+/m0/s1. The van der Waals surface area contributed by atoms with Gasteiger partial charge >= 0.3 is 6.98 Å². The maximum absolute atomic E-state index is 3.79. The molecule has 124 valence electrons. The summed E-state index contributed by atoms with van der Waals surface area (Å²) >= 11 is 0. The summed E-state index contributed by atoms with van der Waals surface area (Å²) in [7, 11) is 0. The molecular weight excluding hydrogens is 303 g/mol. The second kappa shape index (κ2) is 6.14. The summed E-state index contributed by atoms with van der Waals surface area (Å²) in [6.45, 7) is 0.326. The van der Waals surface area contributed by atoms with E-state index in [1.165, 1.54) is 53.4 Å². The molecule has 1 fully saturated rings. The average molecular weight is 326 g/mol. The Morgan fingerprint density at radius 2 is 1.48 bits per heavy atom. The van der Waals surface area contributed by atoms with E-state index in [4.69, 9.17) is 0 Å². The van der Waals surface area contributed by atoms with Crippen LogP contribution >= 0.6 is 0 Å². The summed E-state index contributed by atoms with van der Waals surface area (Å²) < 4.78 is 0. The molecule has 2 atom stereocenters. The molecule has 25 heavy (non-hydrogen) atoms. The molecule has 1 aliphatic carbocycles. The lowest BCUT2D eigenvalue weighted by Gasteiger charge is -2.36. The van der Waals surface area contributed by atoms with E-state index in [-0.39, 0.29) is 0 Å². The van der Waals surface area contributed by atoms with Gasteiger partial charge in [-0.3, -0.25) is 0 Å². The van der Waals surface area contributed by atoms with Crippen LogP contribution in [-0.4, -0.2) is 6.98 Å². The van der Waals surface area contributed by atoms with Crippen molar-refractivity contribution in [1.82, 2.24) is 0 Å². The van der Waals surface area contributed by atoms with E-state index in [0.29, 0.717) is 18.7 Å². The normalized spacial score (nSPS) is 22.3. The second-order valence-electron chi connectivity index (χ2n) is 7.51. The maximum atomic E-state index is 3.79. The summed E-state index contributed by atoms with van der Waals surface area (Å²) in [6, 6.07) is 24.2. The molecule has 1 aliphatic heterocycles. The van der Waals surface area contributed by atoms with Crippen LogP contribution in [0.1, 0.15) is 37.2 Å². The van der Waals surface area contributed by atoms with Gasteiger partial charge in [0.1, 0.15) is 0 Å². The fourth-order valence-electron chi connectivity index (χ4n) is 4.75. The van der Waals surface area contributed by atoms with Gasteiger partial charge in [0.05, 0.1) is 0 Å². The first kappa shape index (κ1) is 14.9. The molecule has 3 aromatic rings. The first-order valence-electron chi connectivity index (χ1n) is 9.48. The fraction of sp³-hybridized carbons (Fsp3) is 0.273. The molecule has 2 N–H and O–H groups in total. The number of hydrogen-bond acceptors (Lipinski definition) is 2. The predicted octanol–water partition coefficient (Wildman–Crippen LogP) is 5.89. The number of nitrogens with one attached hydrogen (secondary N) is 2. The van der Waals surface area contributed by atoms with Gasteiger partial charge in [-0.2, -0.15) is 0 Å². The van der Waals surface area contributed by atoms with Gasteiger partial charge in [-0.05, 0) is 47.7 Å². The highest BCUT2D eigenvalue weighted by atomic mass is 15.0. The summed E-state index contributed by atoms with van der Waals surface area (Å²) in [5, 5.41) is 10.2. The van der Waals surface area contributed by atoms with Crippen molar-refractivity contribution in [2.24, 2.45) is 0 Å². The maximum Gasteiger partial charge on any atom is 0.373 e. The van der Waals surface area contributed by atoms with E-state index in [2.05, 4.69) is 77.2 Å². The SMILES string of the molecule is c1ccc([C@H]2CCC[C@@H](B3Nc4cccc5cccc(c45)N3)C2)cc1. The smallest absolute Gasteiger partial charge is 0.373 e. The van der Waals surface area contributed by atoms with Crippen molar-refractivity contribution >= 4 is 29.1 Å². The van der Waals surface area contributed by atoms with Crippen LogP contribution in [0.4, 0.5) is 11.4 Å². The Kier molecular flexibility index (Phi) is 3.66. The molecular formula is C22H23BN2. The summed E-state index contributed by atoms with van der Waals surface area (Å²) in [5.41, 5.74) is 4.06. The van der Waals surface area contributed by atoms with Crippen molar-refractivity contribution in [1.29, 1.82) is 0 Å². The Hall–Kier alpha value is -2.42. The Morgan fingerprint density at radius 1 is 0.760 bits per heavy atom. The minimum Gasteiger partial charge on any atom is -0.409 e. The highest BCUT2D eigenvalue weighted by Gasteiger charge is 2.35. The molecule has 3 aromatic carbocycles. The molecule has 0 radical (unpaired) electrons. The second-order valence-corrected chi connectivity index (χ2v) is 7.51. The summed E-state index contributed by atoms with van der Waals surface area (Å²) in [5.74, 6) is 1.35. The van der Waals surface area contributed by atoms with Crippen molar-refractivity contribution in [3.8, 4) is 0 Å². The zero-order valence-electron chi connectivity index (χ0n) is 14.4. The van der Waals surface area contributed by atoms with Gasteiger partial charge < -0.3 is 10.5 Å². The van der Waals surface area contributed by atoms with Crippen LogP contribution in [0.25, 0.3) is 10.8 Å². The Bertz CT molecular complexity index is 852. The van der Waals surface area contributed by atoms with Crippen LogP contribution in [0.2, 0.25) is 5.82 Å². The molecule has 5 rings (SSSR count). The Balaban J connectivity index is 1.41. The lowest BCUT2D eigenvalue weighted by molar-refractivity contribution is 0.438. The monoisotopic (exact) mass is 326 g/mol. The summed E-state index contributed by atoms with van der Waals surface area (Å²) in [4.78, 5) is 0. The van der Waals surface area contributed by atoms with Crippen LogP contribution in [0.5, 0.6) is 0 Å². The zero-order valence-corrected chi connectivity index (χ0v) is 14.4. The minimum atomic E-state index is 0.326. The number of anilines is 2. The molecule has 1 saturated carbocycles. The largest absolute Gasteiger partial charge is 0.409 e. The van der Waals surface area contributed by atoms with Crippen molar-refractivity contribution in [3.05, 3.63) is 72.3 Å². The highest BCUT2D eigenvalue weighted by molar-refractivity contribution is 6.69. The van der Waals surface area contributed by atoms with Crippen LogP contribution in [0.3, 0.4) is 0 Å². The van der Waals surface area contributed by atoms with E-state index < -0.39 is 0 Å². The lowest BCUT2D eigenvalue weighted by atomic mass is 9.54. The van der Waals surface area contributed by atoms with Crippen LogP contribution in [-0.2, 0) is 0 Å². The highest BCUT2D eigenvalue weighted by Crippen LogP contribution is 2.43. The van der Waals surface area contributed by atoms with E-state index in [1.54, 1.807) is 0 Å². The Labute approximate surface area is 149 Å². The zero-order chi connectivity index (χ0) is 16.6. The van der Waals surface area contributed by atoms with Gasteiger partial charge in [0, 0.05) is 16.8 Å². The van der Waals surface area contributed by atoms with Gasteiger partial charge in [0.2, 0.25) is 0 Å². The topological polar surface area (TPSA) is 24.1 Å². The van der Waals surface area contributed by atoms with Crippen molar-refractivity contribution in [3.63, 3.8) is 0 Å². The molecule has 0 bridgehead atoms. The van der Waals surface area contributed by atoms with E-state index >= 15 is 0 Å². The summed E-state index contributed by atoms with van der Waals surface area (Å²) in [6.07, 6.45) is 5.19. The first-order chi connectivity index (χ1) is 12.4. The van der Waals surface area contributed by atoms with Gasteiger partial charge in [0.15, 0.2) is 0 Å². The van der Waals surface area contributed by atoms with E-state index in [9.17, 15) is 0 Å². The quantitative estimate of drug-likeness (QED) is 0.574. The average Bonchev–Trinajstić information content (AvgIpc) is 2.69. The fourth-order valence-corrected chi connectivity index (χ4v) is 4.75. The van der Waals surface area contributed by atoms with Gasteiger partial charge in [-0.25, -0.2) is 0 Å². The predicted molar refractivity (Wildman–Crippen MR) is 108 cm³/mol. The van der Waals surface area contributed by atoms with Crippen molar-refractivity contribution < 1.29 is 0 Å². The van der Waals surface area contributed by atoms with Crippen LogP contribution < -0.4 is 10.5 Å². The van der Waals surface area contributed by atoms with Gasteiger partial charge in [0.25, 0.3) is 0 Å². The molecule has 0 aromatic heterocycles. The third-order valence-electron chi connectivity index (χ3n) is 5.98. The molecule has 0 saturated heterocycles. The molecule has 2 aliphatic rings. The molecule has 3 heteroatoms. The van der Waals surface area contributed by atoms with Crippen LogP contribution in [0, 0.1) is 0 Å². The third kappa shape index (κ3) is 2.68. The van der Waals surface area contributed by atoms with Crippen molar-refractivity contribution in [2.45, 2.75) is 37.4 Å². The molecule has 0 amide bonds. The number of rotatable bonds is 2. The third-order valence-corrected chi connectivity index (χ3v) is 5.98. The van der Waals surface area contributed by atoms with Crippen molar-refractivity contribution in [2.75, 3.05) is 10.5 Å². The molecule has 0 spiro atoms. The number of hydrogen-bond donors (Lipinski definition) is 2. The number of benzene rings is 3. The minimum absolute atomic E-state index is 0.326. The molecule has 2 nitrogen and oxygen atoms in total.